The van der Waals surface area contributed by atoms with E-state index in [0.717, 1.165) is 17.7 Å². The fraction of sp³-hybridized carbons (Fsp3) is 0.333. The topological polar surface area (TPSA) is 58.6 Å². The fourth-order valence-electron chi connectivity index (χ4n) is 4.01. The van der Waals surface area contributed by atoms with Crippen molar-refractivity contribution in [2.45, 2.75) is 38.6 Å². The van der Waals surface area contributed by atoms with Crippen molar-refractivity contribution in [2.75, 3.05) is 11.9 Å². The van der Waals surface area contributed by atoms with E-state index in [-0.39, 0.29) is 23.6 Å². The van der Waals surface area contributed by atoms with E-state index < -0.39 is 0 Å². The Bertz CT molecular complexity index is 949. The molecular formula is C24H26N2O3. The molecule has 0 spiro atoms. The number of benzene rings is 2. The molecule has 2 aromatic carbocycles. The number of para-hydroxylation sites is 2. The molecule has 5 nitrogen and oxygen atoms in total. The van der Waals surface area contributed by atoms with Crippen LogP contribution in [0, 0.1) is 5.92 Å². The second-order valence-corrected chi connectivity index (χ2v) is 7.91. The monoisotopic (exact) mass is 390 g/mol. The van der Waals surface area contributed by atoms with Crippen molar-refractivity contribution in [3.63, 3.8) is 0 Å². The Morgan fingerprint density at radius 2 is 1.83 bits per heavy atom. The van der Waals surface area contributed by atoms with Gasteiger partial charge in [-0.2, -0.15) is 0 Å². The van der Waals surface area contributed by atoms with Crippen molar-refractivity contribution in [3.05, 3.63) is 65.4 Å². The molecule has 4 rings (SSSR count). The lowest BCUT2D eigenvalue weighted by molar-refractivity contribution is -0.117. The third kappa shape index (κ3) is 4.04. The lowest BCUT2D eigenvalue weighted by atomic mass is 9.86. The van der Waals surface area contributed by atoms with E-state index in [2.05, 4.69) is 12.2 Å². The summed E-state index contributed by atoms with van der Waals surface area (Å²) in [5.74, 6) is 1.20. The first-order chi connectivity index (χ1) is 14.0. The van der Waals surface area contributed by atoms with E-state index in [9.17, 15) is 9.59 Å². The Labute approximate surface area is 171 Å². The van der Waals surface area contributed by atoms with Gasteiger partial charge in [0.2, 0.25) is 0 Å². The van der Waals surface area contributed by atoms with Gasteiger partial charge >= 0.3 is 0 Å². The predicted molar refractivity (Wildman–Crippen MR) is 114 cm³/mol. The summed E-state index contributed by atoms with van der Waals surface area (Å²) in [7, 11) is 1.73. The van der Waals surface area contributed by atoms with Crippen LogP contribution < -0.4 is 15.0 Å². The molecule has 1 fully saturated rings. The summed E-state index contributed by atoms with van der Waals surface area (Å²) in [6, 6.07) is 14.9. The van der Waals surface area contributed by atoms with Gasteiger partial charge in [-0.15, -0.1) is 0 Å². The van der Waals surface area contributed by atoms with Gasteiger partial charge in [-0.3, -0.25) is 9.59 Å². The normalized spacial score (nSPS) is 22.8. The molecule has 2 atom stereocenters. The molecule has 150 valence electrons. The lowest BCUT2D eigenvalue weighted by Gasteiger charge is -2.29. The van der Waals surface area contributed by atoms with E-state index in [1.165, 1.54) is 19.3 Å². The molecule has 0 saturated heterocycles. The van der Waals surface area contributed by atoms with Crippen LogP contribution in [0.25, 0.3) is 6.08 Å². The van der Waals surface area contributed by atoms with Gasteiger partial charge < -0.3 is 15.0 Å². The number of hydrogen-bond donors (Lipinski definition) is 1. The molecule has 2 unspecified atom stereocenters. The van der Waals surface area contributed by atoms with Crippen LogP contribution in [-0.2, 0) is 4.79 Å². The number of carbonyl (C=O) groups excluding carboxylic acids is 2. The average molecular weight is 390 g/mol. The number of hydrogen-bond acceptors (Lipinski definition) is 3. The third-order valence-electron chi connectivity index (χ3n) is 5.86. The van der Waals surface area contributed by atoms with Crippen LogP contribution in [-0.4, -0.2) is 24.9 Å². The van der Waals surface area contributed by atoms with Gasteiger partial charge in [0.1, 0.15) is 0 Å². The Morgan fingerprint density at radius 3 is 2.59 bits per heavy atom. The molecule has 2 amide bonds. The minimum absolute atomic E-state index is 0.0402. The number of likely N-dealkylation sites (N-methyl/N-ethyl adjacent to an activating group) is 1. The molecule has 1 aliphatic carbocycles. The van der Waals surface area contributed by atoms with Crippen LogP contribution in [0.3, 0.4) is 0 Å². The second kappa shape index (κ2) is 8.11. The highest BCUT2D eigenvalue weighted by molar-refractivity contribution is 6.09. The Hall–Kier alpha value is -3.08. The van der Waals surface area contributed by atoms with Crippen LogP contribution in [0.15, 0.2) is 54.3 Å². The Kier molecular flexibility index (Phi) is 5.38. The molecule has 2 aliphatic rings. The lowest BCUT2D eigenvalue weighted by Crippen LogP contribution is -2.41. The molecule has 0 aromatic heterocycles. The van der Waals surface area contributed by atoms with Crippen molar-refractivity contribution in [2.24, 2.45) is 5.92 Å². The second-order valence-electron chi connectivity index (χ2n) is 7.91. The predicted octanol–water partition coefficient (Wildman–Crippen LogP) is 4.39. The number of rotatable bonds is 3. The summed E-state index contributed by atoms with van der Waals surface area (Å²) in [5.41, 5.74) is 2.19. The Balaban J connectivity index is 1.48. The molecule has 1 saturated carbocycles. The zero-order valence-electron chi connectivity index (χ0n) is 16.9. The zero-order valence-corrected chi connectivity index (χ0v) is 16.9. The first-order valence-corrected chi connectivity index (χ1v) is 10.2. The molecular weight excluding hydrogens is 364 g/mol. The number of nitrogens with zero attached hydrogens (tertiary/aromatic N) is 1. The number of fused-ring (bicyclic) bond motifs is 1. The molecule has 29 heavy (non-hydrogen) atoms. The molecule has 1 aliphatic heterocycles. The molecule has 5 heteroatoms. The largest absolute Gasteiger partial charge is 0.449 e. The van der Waals surface area contributed by atoms with Crippen LogP contribution in [0.2, 0.25) is 0 Å². The van der Waals surface area contributed by atoms with Gasteiger partial charge in [-0.05, 0) is 54.7 Å². The molecule has 0 radical (unpaired) electrons. The van der Waals surface area contributed by atoms with Crippen LogP contribution in [0.4, 0.5) is 5.69 Å². The van der Waals surface area contributed by atoms with E-state index in [1.54, 1.807) is 30.2 Å². The number of anilines is 1. The van der Waals surface area contributed by atoms with Crippen molar-refractivity contribution in [1.82, 2.24) is 5.32 Å². The highest BCUT2D eigenvalue weighted by Crippen LogP contribution is 2.34. The summed E-state index contributed by atoms with van der Waals surface area (Å²) in [4.78, 5) is 26.7. The summed E-state index contributed by atoms with van der Waals surface area (Å²) in [5, 5.41) is 3.17. The summed E-state index contributed by atoms with van der Waals surface area (Å²) in [6.45, 7) is 2.20. The SMILES string of the molecule is CC1CCCCC1NC(=O)c1ccc(/C=C2\Oc3ccccc3N(C)C2=O)cc1. The summed E-state index contributed by atoms with van der Waals surface area (Å²) in [6.07, 6.45) is 6.35. The standard InChI is InChI=1S/C24H26N2O3/c1-16-7-3-4-8-19(16)25-23(27)18-13-11-17(12-14-18)15-22-24(28)26(2)20-9-5-6-10-21(20)29-22/h5-6,9-16,19H,3-4,7-8H2,1-2H3,(H,25,27)/b22-15-. The van der Waals surface area contributed by atoms with E-state index >= 15 is 0 Å². The molecule has 0 bridgehead atoms. The van der Waals surface area contributed by atoms with Gasteiger partial charge in [0.25, 0.3) is 11.8 Å². The van der Waals surface area contributed by atoms with Gasteiger partial charge in [-0.1, -0.05) is 44.0 Å². The maximum absolute atomic E-state index is 12.6. The van der Waals surface area contributed by atoms with Crippen molar-refractivity contribution in [3.8, 4) is 5.75 Å². The van der Waals surface area contributed by atoms with Gasteiger partial charge in [0.05, 0.1) is 5.69 Å². The zero-order chi connectivity index (χ0) is 20.4. The number of amides is 2. The molecule has 1 N–H and O–H groups in total. The van der Waals surface area contributed by atoms with E-state index in [1.807, 2.05) is 36.4 Å². The maximum Gasteiger partial charge on any atom is 0.293 e. The summed E-state index contributed by atoms with van der Waals surface area (Å²) >= 11 is 0. The smallest absolute Gasteiger partial charge is 0.293 e. The van der Waals surface area contributed by atoms with Crippen molar-refractivity contribution in [1.29, 1.82) is 0 Å². The van der Waals surface area contributed by atoms with Crippen molar-refractivity contribution < 1.29 is 14.3 Å². The summed E-state index contributed by atoms with van der Waals surface area (Å²) < 4.78 is 5.80. The minimum atomic E-state index is -0.197. The maximum atomic E-state index is 12.6. The quantitative estimate of drug-likeness (QED) is 0.791. The Morgan fingerprint density at radius 1 is 1.10 bits per heavy atom. The number of carbonyl (C=O) groups is 2. The van der Waals surface area contributed by atoms with E-state index in [0.29, 0.717) is 17.2 Å². The fourth-order valence-corrected chi connectivity index (χ4v) is 4.01. The number of ether oxygens (including phenoxy) is 1. The highest BCUT2D eigenvalue weighted by Gasteiger charge is 2.27. The molecule has 1 heterocycles. The van der Waals surface area contributed by atoms with Crippen LogP contribution >= 0.6 is 0 Å². The van der Waals surface area contributed by atoms with Crippen molar-refractivity contribution >= 4 is 23.6 Å². The minimum Gasteiger partial charge on any atom is -0.449 e. The van der Waals surface area contributed by atoms with Crippen LogP contribution in [0.1, 0.15) is 48.5 Å². The average Bonchev–Trinajstić information content (AvgIpc) is 2.74. The van der Waals surface area contributed by atoms with Gasteiger partial charge in [-0.25, -0.2) is 0 Å². The van der Waals surface area contributed by atoms with Gasteiger partial charge in [0, 0.05) is 18.7 Å². The van der Waals surface area contributed by atoms with E-state index in [4.69, 9.17) is 4.74 Å². The highest BCUT2D eigenvalue weighted by atomic mass is 16.5. The molecule has 2 aromatic rings. The first kappa shape index (κ1) is 19.2. The first-order valence-electron chi connectivity index (χ1n) is 10.2. The number of nitrogens with one attached hydrogen (secondary N) is 1. The van der Waals surface area contributed by atoms with Crippen LogP contribution in [0.5, 0.6) is 5.75 Å². The van der Waals surface area contributed by atoms with Gasteiger partial charge in [0.15, 0.2) is 11.5 Å². The third-order valence-corrected chi connectivity index (χ3v) is 5.86.